The van der Waals surface area contributed by atoms with Crippen LogP contribution in [-0.2, 0) is 6.54 Å². The molecule has 1 aliphatic carbocycles. The minimum absolute atomic E-state index is 0.0173. The van der Waals surface area contributed by atoms with Crippen LogP contribution in [-0.4, -0.2) is 38.4 Å². The second-order valence-electron chi connectivity index (χ2n) is 7.41. The van der Waals surface area contributed by atoms with Gasteiger partial charge in [-0.3, -0.25) is 4.79 Å². The third-order valence-electron chi connectivity index (χ3n) is 4.92. The topological polar surface area (TPSA) is 92.6 Å². The average Bonchev–Trinajstić information content (AvgIpc) is 3.59. The fraction of sp³-hybridized carbons (Fsp3) is 0.217. The van der Waals surface area contributed by atoms with E-state index in [1.54, 1.807) is 29.2 Å². The number of carbonyl (C=O) groups is 2. The maximum absolute atomic E-state index is 13.7. The van der Waals surface area contributed by atoms with Crippen LogP contribution in [0.3, 0.4) is 0 Å². The van der Waals surface area contributed by atoms with Crippen molar-refractivity contribution < 1.29 is 23.8 Å². The van der Waals surface area contributed by atoms with Crippen molar-refractivity contribution in [3.63, 3.8) is 0 Å². The molecule has 31 heavy (non-hydrogen) atoms. The van der Waals surface area contributed by atoms with Crippen molar-refractivity contribution in [3.05, 3.63) is 83.7 Å². The third-order valence-corrected chi connectivity index (χ3v) is 4.92. The van der Waals surface area contributed by atoms with E-state index >= 15 is 0 Å². The summed E-state index contributed by atoms with van der Waals surface area (Å²) in [5, 5.41) is 9.04. The molecule has 3 aromatic rings. The molecule has 1 aromatic heterocycles. The highest BCUT2D eigenvalue weighted by Crippen LogP contribution is 2.30. The molecule has 0 atom stereocenters. The number of amides is 1. The highest BCUT2D eigenvalue weighted by Gasteiger charge is 2.28. The lowest BCUT2D eigenvalue weighted by Gasteiger charge is -2.22. The summed E-state index contributed by atoms with van der Waals surface area (Å²) in [5.41, 5.74) is 1.01. The minimum Gasteiger partial charge on any atom is -0.478 e. The number of rotatable bonds is 8. The number of hydrogen-bond acceptors (Lipinski definition) is 5. The van der Waals surface area contributed by atoms with E-state index in [-0.39, 0.29) is 28.8 Å². The Bertz CT molecular complexity index is 1080. The molecule has 1 amide bonds. The number of carboxylic acids is 1. The van der Waals surface area contributed by atoms with Gasteiger partial charge in [0.25, 0.3) is 5.91 Å². The zero-order valence-electron chi connectivity index (χ0n) is 16.6. The number of hydrogen-bond donors (Lipinski definition) is 1. The molecule has 1 aliphatic rings. The number of nitrogens with zero attached hydrogens (tertiary/aromatic N) is 3. The van der Waals surface area contributed by atoms with Crippen molar-refractivity contribution in [2.24, 2.45) is 5.92 Å². The summed E-state index contributed by atoms with van der Waals surface area (Å²) in [6, 6.07) is 12.4. The largest absolute Gasteiger partial charge is 0.478 e. The van der Waals surface area contributed by atoms with Crippen molar-refractivity contribution in [3.8, 4) is 11.5 Å². The second-order valence-corrected chi connectivity index (χ2v) is 7.41. The van der Waals surface area contributed by atoms with Gasteiger partial charge in [-0.25, -0.2) is 19.2 Å². The Hall–Kier alpha value is -3.81. The molecule has 1 heterocycles. The fourth-order valence-electron chi connectivity index (χ4n) is 3.08. The van der Waals surface area contributed by atoms with Gasteiger partial charge in [-0.2, -0.15) is 0 Å². The number of para-hydroxylation sites is 1. The third kappa shape index (κ3) is 5.22. The summed E-state index contributed by atoms with van der Waals surface area (Å²) in [6.45, 7) is 0.905. The lowest BCUT2D eigenvalue weighted by Crippen LogP contribution is -2.33. The van der Waals surface area contributed by atoms with Gasteiger partial charge >= 0.3 is 5.97 Å². The number of benzene rings is 2. The number of ether oxygens (including phenoxy) is 1. The molecule has 0 unspecified atom stereocenters. The Morgan fingerprint density at radius 1 is 1.06 bits per heavy atom. The van der Waals surface area contributed by atoms with Gasteiger partial charge in [-0.15, -0.1) is 0 Å². The molecule has 2 aromatic carbocycles. The van der Waals surface area contributed by atoms with Crippen LogP contribution in [0.15, 0.2) is 60.9 Å². The van der Waals surface area contributed by atoms with E-state index in [9.17, 15) is 14.0 Å². The molecular weight excluding hydrogens is 401 g/mol. The number of aromatic carboxylic acids is 1. The Balaban J connectivity index is 1.47. The minimum atomic E-state index is -0.997. The summed E-state index contributed by atoms with van der Waals surface area (Å²) in [6.07, 6.45) is 4.81. The lowest BCUT2D eigenvalue weighted by molar-refractivity contribution is 0.0692. The van der Waals surface area contributed by atoms with Crippen LogP contribution in [0.5, 0.6) is 11.5 Å². The quantitative estimate of drug-likeness (QED) is 0.587. The molecule has 4 rings (SSSR count). The van der Waals surface area contributed by atoms with Crippen molar-refractivity contribution >= 4 is 11.9 Å². The van der Waals surface area contributed by atoms with Gasteiger partial charge in [-0.1, -0.05) is 24.3 Å². The molecule has 8 heteroatoms. The molecule has 7 nitrogen and oxygen atoms in total. The van der Waals surface area contributed by atoms with Crippen molar-refractivity contribution in [2.75, 3.05) is 6.54 Å². The summed E-state index contributed by atoms with van der Waals surface area (Å²) in [7, 11) is 0. The first-order chi connectivity index (χ1) is 15.0. The first kappa shape index (κ1) is 20.5. The van der Waals surface area contributed by atoms with Gasteiger partial charge in [0, 0.05) is 13.1 Å². The Kier molecular flexibility index (Phi) is 5.88. The number of carboxylic acid groups (broad SMARTS) is 1. The molecule has 0 aliphatic heterocycles. The summed E-state index contributed by atoms with van der Waals surface area (Å²) >= 11 is 0. The Labute approximate surface area is 178 Å². The van der Waals surface area contributed by atoms with Gasteiger partial charge in [0.05, 0.1) is 18.0 Å². The summed E-state index contributed by atoms with van der Waals surface area (Å²) < 4.78 is 19.2. The van der Waals surface area contributed by atoms with Gasteiger partial charge in [-0.05, 0) is 48.6 Å². The summed E-state index contributed by atoms with van der Waals surface area (Å²) in [5.74, 6) is -1.10. The van der Waals surface area contributed by atoms with Crippen LogP contribution in [0.1, 0.15) is 39.4 Å². The van der Waals surface area contributed by atoms with Crippen molar-refractivity contribution in [2.45, 2.75) is 19.4 Å². The predicted molar refractivity (Wildman–Crippen MR) is 109 cm³/mol. The van der Waals surface area contributed by atoms with E-state index < -0.39 is 11.8 Å². The van der Waals surface area contributed by atoms with Gasteiger partial charge in [0.2, 0.25) is 5.82 Å². The Morgan fingerprint density at radius 3 is 2.35 bits per heavy atom. The Morgan fingerprint density at radius 2 is 1.74 bits per heavy atom. The van der Waals surface area contributed by atoms with Gasteiger partial charge in [0.1, 0.15) is 0 Å². The van der Waals surface area contributed by atoms with Crippen LogP contribution in [0.25, 0.3) is 0 Å². The normalized spacial score (nSPS) is 12.9. The highest BCUT2D eigenvalue weighted by atomic mass is 19.1. The van der Waals surface area contributed by atoms with Gasteiger partial charge in [0.15, 0.2) is 17.3 Å². The molecule has 0 radical (unpaired) electrons. The number of carbonyl (C=O) groups excluding carboxylic acids is 1. The van der Waals surface area contributed by atoms with Crippen LogP contribution >= 0.6 is 0 Å². The van der Waals surface area contributed by atoms with Crippen LogP contribution in [0.4, 0.5) is 4.39 Å². The average molecular weight is 421 g/mol. The van der Waals surface area contributed by atoms with Crippen molar-refractivity contribution in [1.29, 1.82) is 0 Å². The van der Waals surface area contributed by atoms with E-state index in [1.807, 2.05) is 0 Å². The smallest absolute Gasteiger partial charge is 0.335 e. The number of halogens is 1. The molecule has 1 N–H and O–H groups in total. The highest BCUT2D eigenvalue weighted by molar-refractivity contribution is 5.90. The maximum Gasteiger partial charge on any atom is 0.335 e. The lowest BCUT2D eigenvalue weighted by atomic mass is 10.1. The molecular formula is C23H20FN3O4. The van der Waals surface area contributed by atoms with Crippen LogP contribution in [0.2, 0.25) is 0 Å². The van der Waals surface area contributed by atoms with E-state index in [0.29, 0.717) is 19.0 Å². The van der Waals surface area contributed by atoms with E-state index in [2.05, 4.69) is 9.97 Å². The van der Waals surface area contributed by atoms with Crippen LogP contribution < -0.4 is 4.74 Å². The molecule has 1 fully saturated rings. The van der Waals surface area contributed by atoms with Crippen molar-refractivity contribution in [1.82, 2.24) is 14.9 Å². The molecule has 0 spiro atoms. The second kappa shape index (κ2) is 8.91. The standard InChI is InChI=1S/C23H20FN3O4/c24-19-3-1-2-4-20(19)31-18-11-25-21(26-12-18)22(28)27(13-15-5-6-15)14-16-7-9-17(10-8-16)23(29)30/h1-4,7-12,15H,5-6,13-14H2,(H,29,30). The monoisotopic (exact) mass is 421 g/mol. The first-order valence-corrected chi connectivity index (χ1v) is 9.85. The van der Waals surface area contributed by atoms with E-state index in [4.69, 9.17) is 9.84 Å². The first-order valence-electron chi connectivity index (χ1n) is 9.85. The predicted octanol–water partition coefficient (Wildman–Crippen LogP) is 4.16. The SMILES string of the molecule is O=C(O)c1ccc(CN(CC2CC2)C(=O)c2ncc(Oc3ccccc3F)cn2)cc1. The molecule has 0 bridgehead atoms. The van der Waals surface area contributed by atoms with E-state index in [1.165, 1.54) is 36.7 Å². The van der Waals surface area contributed by atoms with Crippen LogP contribution in [0, 0.1) is 11.7 Å². The zero-order valence-corrected chi connectivity index (χ0v) is 16.6. The molecule has 1 saturated carbocycles. The maximum atomic E-state index is 13.7. The van der Waals surface area contributed by atoms with E-state index in [0.717, 1.165) is 18.4 Å². The zero-order chi connectivity index (χ0) is 21.8. The van der Waals surface area contributed by atoms with Gasteiger partial charge < -0.3 is 14.7 Å². The molecule has 0 saturated heterocycles. The number of aromatic nitrogens is 2. The fourth-order valence-corrected chi connectivity index (χ4v) is 3.08. The summed E-state index contributed by atoms with van der Waals surface area (Å²) in [4.78, 5) is 33.9. The molecule has 158 valence electrons.